The highest BCUT2D eigenvalue weighted by atomic mass is 16.7. The van der Waals surface area contributed by atoms with Crippen molar-refractivity contribution in [2.45, 2.75) is 31.1 Å². The van der Waals surface area contributed by atoms with Crippen LogP contribution in [0.2, 0.25) is 0 Å². The average Bonchev–Trinajstić information content (AvgIpc) is 3.36. The molecule has 1 aromatic carbocycles. The minimum atomic E-state index is -0.450. The molecule has 2 aliphatic rings. The molecule has 2 N–H and O–H groups in total. The highest BCUT2D eigenvalue weighted by Crippen LogP contribution is 2.44. The van der Waals surface area contributed by atoms with Crippen molar-refractivity contribution in [3.63, 3.8) is 0 Å². The Morgan fingerprint density at radius 2 is 1.92 bits per heavy atom. The van der Waals surface area contributed by atoms with Gasteiger partial charge >= 0.3 is 0 Å². The van der Waals surface area contributed by atoms with Crippen molar-refractivity contribution in [1.82, 2.24) is 19.7 Å². The third-order valence-electron chi connectivity index (χ3n) is 5.13. The normalized spacial score (nSPS) is 22.2. The summed E-state index contributed by atoms with van der Waals surface area (Å²) in [4.78, 5) is 8.64. The zero-order chi connectivity index (χ0) is 16.9. The van der Waals surface area contributed by atoms with Crippen molar-refractivity contribution in [3.05, 3.63) is 36.7 Å². The van der Waals surface area contributed by atoms with Gasteiger partial charge in [-0.25, -0.2) is 14.6 Å². The van der Waals surface area contributed by atoms with Crippen LogP contribution in [0.3, 0.4) is 0 Å². The maximum absolute atomic E-state index is 6.17. The number of rotatable bonds is 2. The van der Waals surface area contributed by atoms with E-state index in [-0.39, 0.29) is 6.04 Å². The second kappa shape index (κ2) is 5.50. The molecular formula is C18H19N5O2. The van der Waals surface area contributed by atoms with Crippen molar-refractivity contribution in [3.8, 4) is 11.3 Å². The lowest BCUT2D eigenvalue weighted by Crippen LogP contribution is -2.26. The molecule has 2 fully saturated rings. The molecule has 1 aliphatic carbocycles. The van der Waals surface area contributed by atoms with Crippen LogP contribution in [-0.4, -0.2) is 38.7 Å². The van der Waals surface area contributed by atoms with E-state index in [4.69, 9.17) is 20.3 Å². The van der Waals surface area contributed by atoms with Gasteiger partial charge in [0, 0.05) is 18.4 Å². The first-order valence-electron chi connectivity index (χ1n) is 8.58. The number of ether oxygens (including phenoxy) is 2. The second-order valence-corrected chi connectivity index (χ2v) is 6.62. The third kappa shape index (κ3) is 2.31. The summed E-state index contributed by atoms with van der Waals surface area (Å²) in [5.74, 6) is 0.00482. The molecule has 2 aromatic heterocycles. The van der Waals surface area contributed by atoms with Gasteiger partial charge in [-0.3, -0.25) is 0 Å². The van der Waals surface area contributed by atoms with Crippen molar-refractivity contribution in [1.29, 1.82) is 0 Å². The first-order chi connectivity index (χ1) is 12.3. The van der Waals surface area contributed by atoms with Gasteiger partial charge in [0.05, 0.1) is 24.6 Å². The second-order valence-electron chi connectivity index (χ2n) is 6.62. The maximum Gasteiger partial charge on any atom is 0.170 e. The predicted octanol–water partition coefficient (Wildman–Crippen LogP) is 2.54. The summed E-state index contributed by atoms with van der Waals surface area (Å²) in [7, 11) is 0. The number of anilines is 1. The molecule has 0 radical (unpaired) electrons. The van der Waals surface area contributed by atoms with Crippen LogP contribution < -0.4 is 5.73 Å². The van der Waals surface area contributed by atoms with Crippen LogP contribution in [0.15, 0.2) is 36.7 Å². The zero-order valence-corrected chi connectivity index (χ0v) is 13.8. The summed E-state index contributed by atoms with van der Waals surface area (Å²) in [5, 5.41) is 5.69. The van der Waals surface area contributed by atoms with Crippen LogP contribution in [0.1, 0.15) is 25.3 Å². The first-order valence-corrected chi connectivity index (χ1v) is 8.58. The van der Waals surface area contributed by atoms with Gasteiger partial charge in [0.2, 0.25) is 0 Å². The SMILES string of the molecule is Nc1ncnc2c1c(-c1ccccc1)nn2C1CCC2(C1)OCCO2. The van der Waals surface area contributed by atoms with Crippen molar-refractivity contribution < 1.29 is 9.47 Å². The molecular weight excluding hydrogens is 318 g/mol. The summed E-state index contributed by atoms with van der Waals surface area (Å²) in [6.45, 7) is 1.33. The predicted molar refractivity (Wildman–Crippen MR) is 92.7 cm³/mol. The molecule has 7 heteroatoms. The molecule has 128 valence electrons. The van der Waals surface area contributed by atoms with Gasteiger partial charge in [0.1, 0.15) is 17.8 Å². The summed E-state index contributed by atoms with van der Waals surface area (Å²) in [6, 6.07) is 10.2. The van der Waals surface area contributed by atoms with Gasteiger partial charge in [-0.05, 0) is 6.42 Å². The number of hydrogen-bond donors (Lipinski definition) is 1. The van der Waals surface area contributed by atoms with E-state index < -0.39 is 5.79 Å². The lowest BCUT2D eigenvalue weighted by molar-refractivity contribution is -0.152. The van der Waals surface area contributed by atoms with Crippen LogP contribution in [0.25, 0.3) is 22.3 Å². The van der Waals surface area contributed by atoms with E-state index in [9.17, 15) is 0 Å². The molecule has 7 nitrogen and oxygen atoms in total. The Kier molecular flexibility index (Phi) is 3.26. The minimum Gasteiger partial charge on any atom is -0.383 e. The average molecular weight is 337 g/mol. The number of benzene rings is 1. The fourth-order valence-electron chi connectivity index (χ4n) is 3.97. The summed E-state index contributed by atoms with van der Waals surface area (Å²) < 4.78 is 13.7. The Labute approximate surface area is 144 Å². The van der Waals surface area contributed by atoms with Gasteiger partial charge in [-0.15, -0.1) is 0 Å². The van der Waals surface area contributed by atoms with Crippen molar-refractivity contribution in [2.24, 2.45) is 0 Å². The molecule has 1 saturated heterocycles. The topological polar surface area (TPSA) is 88.1 Å². The van der Waals surface area contributed by atoms with E-state index in [0.717, 1.165) is 41.6 Å². The smallest absolute Gasteiger partial charge is 0.170 e. The number of nitrogen functional groups attached to an aromatic ring is 1. The van der Waals surface area contributed by atoms with Crippen LogP contribution in [-0.2, 0) is 9.47 Å². The molecule has 0 amide bonds. The zero-order valence-electron chi connectivity index (χ0n) is 13.8. The van der Waals surface area contributed by atoms with Crippen LogP contribution in [0, 0.1) is 0 Å². The van der Waals surface area contributed by atoms with E-state index >= 15 is 0 Å². The first kappa shape index (κ1) is 14.8. The molecule has 1 aliphatic heterocycles. The highest BCUT2D eigenvalue weighted by Gasteiger charge is 2.45. The lowest BCUT2D eigenvalue weighted by Gasteiger charge is -2.21. The van der Waals surface area contributed by atoms with Crippen LogP contribution >= 0.6 is 0 Å². The maximum atomic E-state index is 6.17. The van der Waals surface area contributed by atoms with Gasteiger partial charge in [-0.1, -0.05) is 30.3 Å². The van der Waals surface area contributed by atoms with Gasteiger partial charge < -0.3 is 15.2 Å². The quantitative estimate of drug-likeness (QED) is 0.773. The minimum absolute atomic E-state index is 0.173. The lowest BCUT2D eigenvalue weighted by atomic mass is 10.1. The number of hydrogen-bond acceptors (Lipinski definition) is 6. The Hall–Kier alpha value is -2.51. The van der Waals surface area contributed by atoms with Gasteiger partial charge in [0.15, 0.2) is 11.4 Å². The van der Waals surface area contributed by atoms with Crippen molar-refractivity contribution in [2.75, 3.05) is 18.9 Å². The number of nitrogens with zero attached hydrogens (tertiary/aromatic N) is 4. The van der Waals surface area contributed by atoms with Crippen LogP contribution in [0.5, 0.6) is 0 Å². The number of aromatic nitrogens is 4. The van der Waals surface area contributed by atoms with E-state index in [0.29, 0.717) is 19.0 Å². The molecule has 3 aromatic rings. The molecule has 1 atom stereocenters. The molecule has 3 heterocycles. The fraction of sp³-hybridized carbons (Fsp3) is 0.389. The summed E-state index contributed by atoms with van der Waals surface area (Å²) in [5.41, 5.74) is 8.77. The Bertz CT molecular complexity index is 918. The third-order valence-corrected chi connectivity index (χ3v) is 5.13. The number of nitrogens with two attached hydrogens (primary N) is 1. The summed E-state index contributed by atoms with van der Waals surface area (Å²) in [6.07, 6.45) is 4.09. The van der Waals surface area contributed by atoms with E-state index in [2.05, 4.69) is 9.97 Å². The van der Waals surface area contributed by atoms with E-state index in [1.54, 1.807) is 0 Å². The Morgan fingerprint density at radius 1 is 1.12 bits per heavy atom. The molecule has 25 heavy (non-hydrogen) atoms. The van der Waals surface area contributed by atoms with Crippen LogP contribution in [0.4, 0.5) is 5.82 Å². The molecule has 1 unspecified atom stereocenters. The van der Waals surface area contributed by atoms with E-state index in [1.807, 2.05) is 35.0 Å². The largest absolute Gasteiger partial charge is 0.383 e. The molecule has 0 bridgehead atoms. The highest BCUT2D eigenvalue weighted by molar-refractivity contribution is 5.98. The number of fused-ring (bicyclic) bond motifs is 1. The van der Waals surface area contributed by atoms with Crippen molar-refractivity contribution >= 4 is 16.9 Å². The molecule has 1 saturated carbocycles. The monoisotopic (exact) mass is 337 g/mol. The Morgan fingerprint density at radius 3 is 2.72 bits per heavy atom. The Balaban J connectivity index is 1.63. The van der Waals surface area contributed by atoms with E-state index in [1.165, 1.54) is 6.33 Å². The standard InChI is InChI=1S/C18H19N5O2/c19-16-14-15(12-4-2-1-3-5-12)22-23(17(14)21-11-20-16)13-6-7-18(10-13)24-8-9-25-18/h1-5,11,13H,6-10H2,(H2,19,20,21). The molecule has 1 spiro atoms. The van der Waals surface area contributed by atoms with Gasteiger partial charge in [0.25, 0.3) is 0 Å². The van der Waals surface area contributed by atoms with Gasteiger partial charge in [-0.2, -0.15) is 5.10 Å². The molecule has 5 rings (SSSR count). The fourth-order valence-corrected chi connectivity index (χ4v) is 3.97. The summed E-state index contributed by atoms with van der Waals surface area (Å²) >= 11 is 0.